The summed E-state index contributed by atoms with van der Waals surface area (Å²) in [7, 11) is 0. The number of aromatic nitrogens is 4. The number of ketones is 1. The molecule has 6 heteroatoms. The minimum atomic E-state index is -0.275. The van der Waals surface area contributed by atoms with Crippen LogP contribution in [0.4, 0.5) is 0 Å². The molecule has 0 fully saturated rings. The molecule has 0 radical (unpaired) electrons. The van der Waals surface area contributed by atoms with Crippen LogP contribution in [-0.2, 0) is 6.54 Å². The fourth-order valence-electron chi connectivity index (χ4n) is 3.67. The standard InChI is InChI=1S/C22H20N4O2/c1-14-9-15(2)20(16(3)10-14)19(27)12-25-13-23-21-18(22(25)28)11-24-26(21)17-7-5-4-6-8-17/h4-11,13H,12H2,1-3H3. The van der Waals surface area contributed by atoms with Gasteiger partial charge in [0.2, 0.25) is 0 Å². The smallest absolute Gasteiger partial charge is 0.264 e. The fraction of sp³-hybridized carbons (Fsp3) is 0.182. The van der Waals surface area contributed by atoms with E-state index in [0.29, 0.717) is 16.6 Å². The third-order valence-corrected chi connectivity index (χ3v) is 4.83. The first-order chi connectivity index (χ1) is 13.5. The minimum absolute atomic E-state index is 0.0525. The molecule has 140 valence electrons. The van der Waals surface area contributed by atoms with Crippen molar-refractivity contribution in [3.63, 3.8) is 0 Å². The van der Waals surface area contributed by atoms with Crippen molar-refractivity contribution in [1.29, 1.82) is 0 Å². The number of carbonyl (C=O) groups excluding carboxylic acids is 1. The van der Waals surface area contributed by atoms with E-state index in [2.05, 4.69) is 10.1 Å². The predicted octanol–water partition coefficient (Wildman–Crippen LogP) is 3.39. The monoisotopic (exact) mass is 372 g/mol. The summed E-state index contributed by atoms with van der Waals surface area (Å²) in [6.45, 7) is 5.78. The van der Waals surface area contributed by atoms with E-state index in [1.165, 1.54) is 17.1 Å². The molecule has 4 aromatic rings. The van der Waals surface area contributed by atoms with Gasteiger partial charge in [0.25, 0.3) is 5.56 Å². The van der Waals surface area contributed by atoms with Gasteiger partial charge < -0.3 is 0 Å². The normalized spacial score (nSPS) is 11.1. The van der Waals surface area contributed by atoms with Crippen LogP contribution in [-0.4, -0.2) is 25.1 Å². The molecular weight excluding hydrogens is 352 g/mol. The fourth-order valence-corrected chi connectivity index (χ4v) is 3.67. The third-order valence-electron chi connectivity index (χ3n) is 4.83. The Morgan fingerprint density at radius 1 is 1.04 bits per heavy atom. The number of para-hydroxylation sites is 1. The van der Waals surface area contributed by atoms with Crippen LogP contribution in [0.25, 0.3) is 16.7 Å². The number of fused-ring (bicyclic) bond motifs is 1. The van der Waals surface area contributed by atoms with Gasteiger partial charge in [-0.15, -0.1) is 0 Å². The van der Waals surface area contributed by atoms with Gasteiger partial charge in [-0.05, 0) is 44.0 Å². The molecular formula is C22H20N4O2. The largest absolute Gasteiger partial charge is 0.292 e. The molecule has 0 unspecified atom stereocenters. The number of benzene rings is 2. The molecule has 0 saturated carbocycles. The summed E-state index contributed by atoms with van der Waals surface area (Å²) < 4.78 is 2.97. The zero-order valence-electron chi connectivity index (χ0n) is 16.0. The Morgan fingerprint density at radius 3 is 2.39 bits per heavy atom. The molecule has 0 spiro atoms. The van der Waals surface area contributed by atoms with Crippen molar-refractivity contribution in [2.24, 2.45) is 0 Å². The average Bonchev–Trinajstić information content (AvgIpc) is 3.09. The number of nitrogens with zero attached hydrogens (tertiary/aromatic N) is 4. The van der Waals surface area contributed by atoms with Gasteiger partial charge in [-0.25, -0.2) is 9.67 Å². The van der Waals surface area contributed by atoms with E-state index in [0.717, 1.165) is 22.4 Å². The van der Waals surface area contributed by atoms with E-state index < -0.39 is 0 Å². The Balaban J connectivity index is 1.72. The van der Waals surface area contributed by atoms with Gasteiger partial charge in [-0.1, -0.05) is 35.9 Å². The molecule has 0 N–H and O–H groups in total. The molecule has 0 amide bonds. The van der Waals surface area contributed by atoms with E-state index in [-0.39, 0.29) is 17.9 Å². The van der Waals surface area contributed by atoms with Crippen LogP contribution < -0.4 is 5.56 Å². The molecule has 2 heterocycles. The maximum Gasteiger partial charge on any atom is 0.264 e. The lowest BCUT2D eigenvalue weighted by Crippen LogP contribution is -2.25. The van der Waals surface area contributed by atoms with Crippen LogP contribution in [0.3, 0.4) is 0 Å². The molecule has 0 aliphatic carbocycles. The molecule has 0 saturated heterocycles. The zero-order valence-corrected chi connectivity index (χ0v) is 16.0. The lowest BCUT2D eigenvalue weighted by Gasteiger charge is -2.11. The van der Waals surface area contributed by atoms with E-state index in [4.69, 9.17) is 0 Å². The van der Waals surface area contributed by atoms with Crippen LogP contribution >= 0.6 is 0 Å². The van der Waals surface area contributed by atoms with Gasteiger partial charge in [-0.3, -0.25) is 14.2 Å². The number of hydrogen-bond acceptors (Lipinski definition) is 4. The van der Waals surface area contributed by atoms with Gasteiger partial charge in [0.05, 0.1) is 18.4 Å². The first-order valence-corrected chi connectivity index (χ1v) is 9.05. The molecule has 4 rings (SSSR count). The third kappa shape index (κ3) is 3.03. The molecule has 0 atom stereocenters. The Morgan fingerprint density at radius 2 is 1.71 bits per heavy atom. The number of rotatable bonds is 4. The number of carbonyl (C=O) groups is 1. The van der Waals surface area contributed by atoms with Gasteiger partial charge in [0.15, 0.2) is 11.4 Å². The van der Waals surface area contributed by atoms with E-state index >= 15 is 0 Å². The summed E-state index contributed by atoms with van der Waals surface area (Å²) in [5, 5.41) is 4.68. The predicted molar refractivity (Wildman–Crippen MR) is 108 cm³/mol. The Bertz CT molecular complexity index is 1230. The first kappa shape index (κ1) is 17.9. The maximum absolute atomic E-state index is 12.9. The Kier molecular flexibility index (Phi) is 4.39. The summed E-state index contributed by atoms with van der Waals surface area (Å²) in [5.74, 6) is -0.103. The summed E-state index contributed by atoms with van der Waals surface area (Å²) in [5.41, 5.74) is 4.63. The van der Waals surface area contributed by atoms with Crippen LogP contribution in [0.2, 0.25) is 0 Å². The van der Waals surface area contributed by atoms with Crippen molar-refractivity contribution in [2.75, 3.05) is 0 Å². The summed E-state index contributed by atoms with van der Waals surface area (Å²) in [6.07, 6.45) is 2.92. The van der Waals surface area contributed by atoms with Gasteiger partial charge in [0.1, 0.15) is 11.7 Å². The van der Waals surface area contributed by atoms with E-state index in [9.17, 15) is 9.59 Å². The second-order valence-electron chi connectivity index (χ2n) is 7.00. The molecule has 0 bridgehead atoms. The highest BCUT2D eigenvalue weighted by Crippen LogP contribution is 2.18. The lowest BCUT2D eigenvalue weighted by molar-refractivity contribution is 0.0969. The summed E-state index contributed by atoms with van der Waals surface area (Å²) in [6, 6.07) is 13.5. The average molecular weight is 372 g/mol. The number of Topliss-reactive ketones (excluding diaryl/α,β-unsaturated/α-hetero) is 1. The van der Waals surface area contributed by atoms with Crippen molar-refractivity contribution in [2.45, 2.75) is 27.3 Å². The number of aryl methyl sites for hydroxylation is 3. The lowest BCUT2D eigenvalue weighted by atomic mass is 9.96. The zero-order chi connectivity index (χ0) is 19.8. The van der Waals surface area contributed by atoms with Crippen molar-refractivity contribution in [3.05, 3.63) is 87.6 Å². The van der Waals surface area contributed by atoms with Gasteiger partial charge in [-0.2, -0.15) is 5.10 Å². The summed E-state index contributed by atoms with van der Waals surface area (Å²) >= 11 is 0. The molecule has 2 aromatic carbocycles. The van der Waals surface area contributed by atoms with E-state index in [1.54, 1.807) is 4.68 Å². The summed E-state index contributed by atoms with van der Waals surface area (Å²) in [4.78, 5) is 30.2. The second-order valence-corrected chi connectivity index (χ2v) is 7.00. The second kappa shape index (κ2) is 6.88. The molecule has 2 aromatic heterocycles. The van der Waals surface area contributed by atoms with Crippen molar-refractivity contribution < 1.29 is 4.79 Å². The van der Waals surface area contributed by atoms with Crippen LogP contribution in [0.5, 0.6) is 0 Å². The Labute approximate surface area is 162 Å². The molecule has 28 heavy (non-hydrogen) atoms. The van der Waals surface area contributed by atoms with Crippen molar-refractivity contribution >= 4 is 16.8 Å². The molecule has 0 aliphatic rings. The molecule has 0 aliphatic heterocycles. The highest BCUT2D eigenvalue weighted by molar-refractivity contribution is 5.98. The van der Waals surface area contributed by atoms with Crippen LogP contribution in [0, 0.1) is 20.8 Å². The van der Waals surface area contributed by atoms with Crippen LogP contribution in [0.15, 0.2) is 59.8 Å². The topological polar surface area (TPSA) is 69.8 Å². The van der Waals surface area contributed by atoms with Gasteiger partial charge >= 0.3 is 0 Å². The van der Waals surface area contributed by atoms with Crippen molar-refractivity contribution in [3.8, 4) is 5.69 Å². The van der Waals surface area contributed by atoms with Gasteiger partial charge in [0, 0.05) is 5.56 Å². The van der Waals surface area contributed by atoms with Crippen LogP contribution in [0.1, 0.15) is 27.0 Å². The van der Waals surface area contributed by atoms with Crippen molar-refractivity contribution in [1.82, 2.24) is 19.3 Å². The van der Waals surface area contributed by atoms with E-state index in [1.807, 2.05) is 63.2 Å². The SMILES string of the molecule is Cc1cc(C)c(C(=O)Cn2cnc3c(cnn3-c3ccccc3)c2=O)c(C)c1. The quantitative estimate of drug-likeness (QED) is 0.515. The first-order valence-electron chi connectivity index (χ1n) is 9.05. The highest BCUT2D eigenvalue weighted by atomic mass is 16.1. The maximum atomic E-state index is 12.9. The minimum Gasteiger partial charge on any atom is -0.292 e. The Hall–Kier alpha value is -3.54. The molecule has 6 nitrogen and oxygen atoms in total. The number of hydrogen-bond donors (Lipinski definition) is 0. The highest BCUT2D eigenvalue weighted by Gasteiger charge is 2.16.